The number of rotatable bonds is 7. The monoisotopic (exact) mass is 371 g/mol. The number of amides is 1. The highest BCUT2D eigenvalue weighted by Gasteiger charge is 2.20. The SMILES string of the molecule is O=C(CCc1ccsc1)NC(Cc1cc(Cl)cc(Cl)c1)C(=O)O. The first kappa shape index (κ1) is 17.8. The zero-order chi connectivity index (χ0) is 16.8. The van der Waals surface area contributed by atoms with Crippen molar-refractivity contribution < 1.29 is 14.7 Å². The molecule has 1 heterocycles. The van der Waals surface area contributed by atoms with Crippen LogP contribution in [0.5, 0.6) is 0 Å². The summed E-state index contributed by atoms with van der Waals surface area (Å²) in [6.07, 6.45) is 0.960. The van der Waals surface area contributed by atoms with E-state index in [4.69, 9.17) is 23.2 Å². The van der Waals surface area contributed by atoms with E-state index in [0.29, 0.717) is 22.0 Å². The van der Waals surface area contributed by atoms with E-state index in [0.717, 1.165) is 5.56 Å². The largest absolute Gasteiger partial charge is 0.480 e. The molecule has 0 aliphatic heterocycles. The average molecular weight is 372 g/mol. The van der Waals surface area contributed by atoms with Crippen molar-refractivity contribution in [3.8, 4) is 0 Å². The van der Waals surface area contributed by atoms with Crippen molar-refractivity contribution in [1.29, 1.82) is 0 Å². The molecule has 0 aliphatic carbocycles. The second kappa shape index (κ2) is 8.34. The zero-order valence-electron chi connectivity index (χ0n) is 12.1. The molecule has 0 aliphatic rings. The fourth-order valence-corrected chi connectivity index (χ4v) is 3.40. The van der Waals surface area contributed by atoms with Gasteiger partial charge < -0.3 is 10.4 Å². The summed E-state index contributed by atoms with van der Waals surface area (Å²) < 4.78 is 0. The molecule has 1 aromatic heterocycles. The summed E-state index contributed by atoms with van der Waals surface area (Å²) in [5, 5.41) is 16.6. The van der Waals surface area contributed by atoms with Crippen LogP contribution in [0.4, 0.5) is 0 Å². The first-order valence-corrected chi connectivity index (χ1v) is 8.62. The third kappa shape index (κ3) is 5.86. The number of hydrogen-bond acceptors (Lipinski definition) is 3. The van der Waals surface area contributed by atoms with Crippen molar-refractivity contribution in [1.82, 2.24) is 5.32 Å². The molecule has 1 atom stereocenters. The molecule has 0 saturated carbocycles. The Morgan fingerprint density at radius 3 is 2.43 bits per heavy atom. The van der Waals surface area contributed by atoms with Gasteiger partial charge in [0.05, 0.1) is 0 Å². The van der Waals surface area contributed by atoms with Gasteiger partial charge in [-0.1, -0.05) is 23.2 Å². The normalized spacial score (nSPS) is 11.9. The summed E-state index contributed by atoms with van der Waals surface area (Å²) in [5.74, 6) is -1.39. The summed E-state index contributed by atoms with van der Waals surface area (Å²) in [4.78, 5) is 23.3. The van der Waals surface area contributed by atoms with E-state index >= 15 is 0 Å². The van der Waals surface area contributed by atoms with Gasteiger partial charge in [-0.3, -0.25) is 4.79 Å². The van der Waals surface area contributed by atoms with Crippen molar-refractivity contribution in [3.63, 3.8) is 0 Å². The molecule has 0 bridgehead atoms. The lowest BCUT2D eigenvalue weighted by Crippen LogP contribution is -2.42. The average Bonchev–Trinajstić information content (AvgIpc) is 2.96. The van der Waals surface area contributed by atoms with Gasteiger partial charge in [0.1, 0.15) is 6.04 Å². The maximum absolute atomic E-state index is 12.0. The molecule has 7 heteroatoms. The molecule has 2 aromatic rings. The lowest BCUT2D eigenvalue weighted by atomic mass is 10.1. The Labute approximate surface area is 148 Å². The summed E-state index contributed by atoms with van der Waals surface area (Å²) in [5.41, 5.74) is 1.73. The number of aliphatic carboxylic acids is 1. The molecule has 1 unspecified atom stereocenters. The van der Waals surface area contributed by atoms with Crippen LogP contribution < -0.4 is 5.32 Å². The number of halogens is 2. The van der Waals surface area contributed by atoms with Gasteiger partial charge in [0, 0.05) is 22.9 Å². The minimum Gasteiger partial charge on any atom is -0.480 e. The Morgan fingerprint density at radius 2 is 1.87 bits per heavy atom. The van der Waals surface area contributed by atoms with Gasteiger partial charge in [-0.2, -0.15) is 11.3 Å². The van der Waals surface area contributed by atoms with E-state index in [1.165, 1.54) is 0 Å². The van der Waals surface area contributed by atoms with Gasteiger partial charge in [-0.25, -0.2) is 4.79 Å². The molecule has 2 N–H and O–H groups in total. The third-order valence-electron chi connectivity index (χ3n) is 3.22. The summed E-state index contributed by atoms with van der Waals surface area (Å²) in [7, 11) is 0. The third-order valence-corrected chi connectivity index (χ3v) is 4.38. The van der Waals surface area contributed by atoms with Crippen LogP contribution in [0.2, 0.25) is 10.0 Å². The van der Waals surface area contributed by atoms with Crippen molar-refractivity contribution in [2.75, 3.05) is 0 Å². The van der Waals surface area contributed by atoms with Crippen LogP contribution in [0, 0.1) is 0 Å². The maximum Gasteiger partial charge on any atom is 0.326 e. The van der Waals surface area contributed by atoms with Crippen LogP contribution in [0.25, 0.3) is 0 Å². The molecule has 0 saturated heterocycles. The predicted octanol–water partition coefficient (Wildman–Crippen LogP) is 3.80. The van der Waals surface area contributed by atoms with Crippen LogP contribution in [-0.2, 0) is 22.4 Å². The van der Waals surface area contributed by atoms with E-state index in [1.807, 2.05) is 16.8 Å². The van der Waals surface area contributed by atoms with Gasteiger partial charge in [0.25, 0.3) is 0 Å². The van der Waals surface area contributed by atoms with E-state index in [1.54, 1.807) is 29.5 Å². The number of carbonyl (C=O) groups excluding carboxylic acids is 1. The lowest BCUT2D eigenvalue weighted by molar-refractivity contribution is -0.141. The van der Waals surface area contributed by atoms with Gasteiger partial charge in [-0.15, -0.1) is 0 Å². The molecule has 0 fully saturated rings. The summed E-state index contributed by atoms with van der Waals surface area (Å²) >= 11 is 13.4. The van der Waals surface area contributed by atoms with Crippen molar-refractivity contribution in [3.05, 3.63) is 56.2 Å². The second-order valence-electron chi connectivity index (χ2n) is 5.07. The van der Waals surface area contributed by atoms with Crippen LogP contribution in [0.3, 0.4) is 0 Å². The molecule has 4 nitrogen and oxygen atoms in total. The molecule has 1 aromatic carbocycles. The molecule has 23 heavy (non-hydrogen) atoms. The highest BCUT2D eigenvalue weighted by Crippen LogP contribution is 2.20. The van der Waals surface area contributed by atoms with Crippen LogP contribution in [0.15, 0.2) is 35.0 Å². The van der Waals surface area contributed by atoms with Gasteiger partial charge in [0.15, 0.2) is 0 Å². The predicted molar refractivity (Wildman–Crippen MR) is 92.4 cm³/mol. The Morgan fingerprint density at radius 1 is 1.17 bits per heavy atom. The lowest BCUT2D eigenvalue weighted by Gasteiger charge is -2.15. The highest BCUT2D eigenvalue weighted by molar-refractivity contribution is 7.07. The van der Waals surface area contributed by atoms with Crippen molar-refractivity contribution in [2.45, 2.75) is 25.3 Å². The van der Waals surface area contributed by atoms with Crippen LogP contribution in [-0.4, -0.2) is 23.0 Å². The Hall–Kier alpha value is -1.56. The summed E-state index contributed by atoms with van der Waals surface area (Å²) in [6, 6.07) is 5.78. The Balaban J connectivity index is 1.95. The highest BCUT2D eigenvalue weighted by atomic mass is 35.5. The molecular weight excluding hydrogens is 357 g/mol. The fraction of sp³-hybridized carbons (Fsp3) is 0.250. The fourth-order valence-electron chi connectivity index (χ4n) is 2.12. The number of benzene rings is 1. The van der Waals surface area contributed by atoms with E-state index in [-0.39, 0.29) is 18.7 Å². The first-order valence-electron chi connectivity index (χ1n) is 6.92. The molecule has 0 spiro atoms. The second-order valence-corrected chi connectivity index (χ2v) is 6.72. The van der Waals surface area contributed by atoms with Crippen molar-refractivity contribution >= 4 is 46.4 Å². The number of carboxylic acid groups (broad SMARTS) is 1. The molecule has 0 radical (unpaired) electrons. The topological polar surface area (TPSA) is 66.4 Å². The number of carbonyl (C=O) groups is 2. The van der Waals surface area contributed by atoms with Crippen LogP contribution >= 0.6 is 34.5 Å². The number of aryl methyl sites for hydroxylation is 1. The van der Waals surface area contributed by atoms with Gasteiger partial charge in [0.2, 0.25) is 5.91 Å². The van der Waals surface area contributed by atoms with E-state index in [9.17, 15) is 14.7 Å². The standard InChI is InChI=1S/C16H15Cl2NO3S/c17-12-5-11(6-13(18)8-12)7-14(16(21)22)19-15(20)2-1-10-3-4-23-9-10/h3-6,8-9,14H,1-2,7H2,(H,19,20)(H,21,22). The number of carboxylic acids is 1. The summed E-state index contributed by atoms with van der Waals surface area (Å²) in [6.45, 7) is 0. The van der Waals surface area contributed by atoms with Gasteiger partial charge in [-0.05, 0) is 52.6 Å². The maximum atomic E-state index is 12.0. The van der Waals surface area contributed by atoms with E-state index in [2.05, 4.69) is 5.32 Å². The minimum absolute atomic E-state index is 0.125. The molecule has 2 rings (SSSR count). The van der Waals surface area contributed by atoms with Crippen molar-refractivity contribution in [2.24, 2.45) is 0 Å². The number of hydrogen-bond donors (Lipinski definition) is 2. The Bertz CT molecular complexity index is 668. The number of nitrogens with one attached hydrogen (secondary N) is 1. The minimum atomic E-state index is -1.09. The Kier molecular flexibility index (Phi) is 6.45. The van der Waals surface area contributed by atoms with E-state index < -0.39 is 12.0 Å². The quantitative estimate of drug-likeness (QED) is 0.777. The zero-order valence-corrected chi connectivity index (χ0v) is 14.4. The first-order chi connectivity index (χ1) is 10.9. The molecule has 1 amide bonds. The smallest absolute Gasteiger partial charge is 0.326 e. The molecule has 122 valence electrons. The molecular formula is C16H15Cl2NO3S. The van der Waals surface area contributed by atoms with Crippen LogP contribution in [0.1, 0.15) is 17.5 Å². The number of thiophene rings is 1. The van der Waals surface area contributed by atoms with Gasteiger partial charge >= 0.3 is 5.97 Å².